The first kappa shape index (κ1) is 17.0. The second-order valence-corrected chi connectivity index (χ2v) is 6.32. The van der Waals surface area contributed by atoms with E-state index in [-0.39, 0.29) is 11.5 Å². The van der Waals surface area contributed by atoms with Gasteiger partial charge in [0.15, 0.2) is 0 Å². The Bertz CT molecular complexity index is 1420. The zero-order valence-electron chi connectivity index (χ0n) is 15.7. The van der Waals surface area contributed by atoms with Gasteiger partial charge in [0.25, 0.3) is 17.3 Å². The molecule has 0 saturated heterocycles. The fourth-order valence-electron chi connectivity index (χ4n) is 3.32. The molecule has 4 aromatic heterocycles. The molecule has 0 radical (unpaired) electrons. The van der Waals surface area contributed by atoms with Gasteiger partial charge in [-0.1, -0.05) is 19.1 Å². The van der Waals surface area contributed by atoms with Crippen LogP contribution in [0.1, 0.15) is 12.7 Å². The van der Waals surface area contributed by atoms with Gasteiger partial charge in [-0.25, -0.2) is 9.55 Å². The lowest BCUT2D eigenvalue weighted by Crippen LogP contribution is -2.21. The Morgan fingerprint density at radius 2 is 2.03 bits per heavy atom. The number of ether oxygens (including phenoxy) is 1. The summed E-state index contributed by atoms with van der Waals surface area (Å²) in [6.45, 7) is 1.96. The third kappa shape index (κ3) is 2.57. The van der Waals surface area contributed by atoms with Gasteiger partial charge in [-0.2, -0.15) is 19.6 Å². The lowest BCUT2D eigenvalue weighted by Gasteiger charge is -2.12. The standard InChI is InChI=1S/C19H16N8O2/c1-3-14-23-19(25-24-14)26-9-8-12-15(17(26)28)16(27-18(22-12)20-10-21-27)11-6-4-5-7-13(11)29-2/h4-10H,3H2,1-2H3,(H,23,24,25). The lowest BCUT2D eigenvalue weighted by molar-refractivity contribution is 0.416. The molecule has 0 saturated carbocycles. The highest BCUT2D eigenvalue weighted by atomic mass is 16.5. The number of pyridine rings is 1. The predicted molar refractivity (Wildman–Crippen MR) is 105 cm³/mol. The average Bonchev–Trinajstić information content (AvgIpc) is 3.42. The number of H-pyrrole nitrogens is 1. The molecule has 1 aromatic carbocycles. The molecular weight excluding hydrogens is 372 g/mol. The first-order chi connectivity index (χ1) is 14.2. The minimum Gasteiger partial charge on any atom is -0.496 e. The summed E-state index contributed by atoms with van der Waals surface area (Å²) in [4.78, 5) is 26.6. The number of hydrogen-bond acceptors (Lipinski definition) is 7. The summed E-state index contributed by atoms with van der Waals surface area (Å²) in [5.74, 6) is 1.97. The molecule has 5 aromatic rings. The van der Waals surface area contributed by atoms with Crippen LogP contribution >= 0.6 is 0 Å². The van der Waals surface area contributed by atoms with E-state index in [1.54, 1.807) is 23.9 Å². The molecule has 0 amide bonds. The zero-order valence-corrected chi connectivity index (χ0v) is 15.7. The highest BCUT2D eigenvalue weighted by Crippen LogP contribution is 2.33. The summed E-state index contributed by atoms with van der Waals surface area (Å²) in [6.07, 6.45) is 3.70. The highest BCUT2D eigenvalue weighted by Gasteiger charge is 2.20. The molecule has 4 heterocycles. The van der Waals surface area contributed by atoms with Crippen molar-refractivity contribution in [2.45, 2.75) is 13.3 Å². The summed E-state index contributed by atoms with van der Waals surface area (Å²) >= 11 is 0. The Labute approximate surface area is 163 Å². The van der Waals surface area contributed by atoms with Crippen molar-refractivity contribution in [3.05, 3.63) is 59.0 Å². The largest absolute Gasteiger partial charge is 0.496 e. The van der Waals surface area contributed by atoms with Crippen LogP contribution in [0.5, 0.6) is 5.75 Å². The molecule has 5 rings (SSSR count). The minimum absolute atomic E-state index is 0.276. The van der Waals surface area contributed by atoms with Crippen molar-refractivity contribution in [1.29, 1.82) is 0 Å². The molecule has 0 aliphatic heterocycles. The topological polar surface area (TPSA) is 116 Å². The first-order valence-corrected chi connectivity index (χ1v) is 9.01. The molecule has 0 spiro atoms. The fourth-order valence-corrected chi connectivity index (χ4v) is 3.32. The van der Waals surface area contributed by atoms with Crippen LogP contribution in [0.4, 0.5) is 0 Å². The SMILES string of the molecule is CCc1nc(-n2ccc3nc4ncnn4c(-c4ccccc4OC)c3c2=O)n[nH]1. The van der Waals surface area contributed by atoms with E-state index in [9.17, 15) is 4.79 Å². The average molecular weight is 388 g/mol. The Morgan fingerprint density at radius 1 is 1.17 bits per heavy atom. The van der Waals surface area contributed by atoms with Crippen LogP contribution in [0.3, 0.4) is 0 Å². The molecule has 10 heteroatoms. The lowest BCUT2D eigenvalue weighted by atomic mass is 10.1. The minimum atomic E-state index is -0.310. The van der Waals surface area contributed by atoms with Gasteiger partial charge in [0.2, 0.25) is 0 Å². The second kappa shape index (κ2) is 6.51. The van der Waals surface area contributed by atoms with Crippen molar-refractivity contribution in [3.8, 4) is 23.0 Å². The number of aromatic nitrogens is 8. The molecule has 29 heavy (non-hydrogen) atoms. The summed E-state index contributed by atoms with van der Waals surface area (Å²) in [7, 11) is 1.58. The maximum absolute atomic E-state index is 13.5. The summed E-state index contributed by atoms with van der Waals surface area (Å²) in [5, 5.41) is 11.7. The zero-order chi connectivity index (χ0) is 20.0. The first-order valence-electron chi connectivity index (χ1n) is 9.01. The maximum atomic E-state index is 13.5. The van der Waals surface area contributed by atoms with Gasteiger partial charge in [0.1, 0.15) is 17.9 Å². The van der Waals surface area contributed by atoms with Crippen molar-refractivity contribution >= 4 is 16.7 Å². The van der Waals surface area contributed by atoms with Crippen LogP contribution in [-0.2, 0) is 6.42 Å². The normalized spacial score (nSPS) is 11.4. The van der Waals surface area contributed by atoms with Crippen LogP contribution in [0.2, 0.25) is 0 Å². The molecule has 0 aliphatic rings. The van der Waals surface area contributed by atoms with Gasteiger partial charge in [-0.15, -0.1) is 5.10 Å². The Hall–Kier alpha value is -4.08. The number of nitrogens with zero attached hydrogens (tertiary/aromatic N) is 7. The highest BCUT2D eigenvalue weighted by molar-refractivity contribution is 5.94. The molecule has 1 N–H and O–H groups in total. The Balaban J connectivity index is 1.91. The van der Waals surface area contributed by atoms with Crippen LogP contribution in [0.15, 0.2) is 47.7 Å². The molecule has 0 aliphatic carbocycles. The summed E-state index contributed by atoms with van der Waals surface area (Å²) in [6, 6.07) is 9.17. The van der Waals surface area contributed by atoms with E-state index >= 15 is 0 Å². The number of para-hydroxylation sites is 1. The van der Waals surface area contributed by atoms with Gasteiger partial charge < -0.3 is 4.74 Å². The molecule has 0 atom stereocenters. The quantitative estimate of drug-likeness (QED) is 0.499. The van der Waals surface area contributed by atoms with Crippen LogP contribution in [0.25, 0.3) is 33.9 Å². The van der Waals surface area contributed by atoms with Crippen molar-refractivity contribution in [3.63, 3.8) is 0 Å². The van der Waals surface area contributed by atoms with Gasteiger partial charge in [-0.3, -0.25) is 9.89 Å². The van der Waals surface area contributed by atoms with E-state index in [0.717, 1.165) is 0 Å². The number of aryl methyl sites for hydroxylation is 1. The number of fused-ring (bicyclic) bond motifs is 2. The number of hydrogen-bond donors (Lipinski definition) is 1. The molecule has 0 fully saturated rings. The van der Waals surface area contributed by atoms with E-state index in [1.807, 2.05) is 31.2 Å². The second-order valence-electron chi connectivity index (χ2n) is 6.32. The van der Waals surface area contributed by atoms with Gasteiger partial charge in [-0.05, 0) is 18.2 Å². The monoisotopic (exact) mass is 388 g/mol. The number of nitrogens with one attached hydrogen (secondary N) is 1. The van der Waals surface area contributed by atoms with Crippen LogP contribution in [0, 0.1) is 0 Å². The smallest absolute Gasteiger partial charge is 0.269 e. The number of rotatable bonds is 4. The summed E-state index contributed by atoms with van der Waals surface area (Å²) < 4.78 is 8.46. The third-order valence-corrected chi connectivity index (χ3v) is 4.70. The Kier molecular flexibility index (Phi) is 3.83. The van der Waals surface area contributed by atoms with E-state index in [2.05, 4.69) is 30.2 Å². The van der Waals surface area contributed by atoms with Crippen molar-refractivity contribution in [2.24, 2.45) is 0 Å². The summed E-state index contributed by atoms with van der Waals surface area (Å²) in [5.41, 5.74) is 1.44. The van der Waals surface area contributed by atoms with Crippen molar-refractivity contribution in [2.75, 3.05) is 7.11 Å². The molecule has 144 valence electrons. The van der Waals surface area contributed by atoms with E-state index in [4.69, 9.17) is 4.74 Å². The number of aromatic amines is 1. The van der Waals surface area contributed by atoms with Crippen LogP contribution in [-0.4, -0.2) is 46.4 Å². The van der Waals surface area contributed by atoms with E-state index in [0.29, 0.717) is 45.9 Å². The van der Waals surface area contributed by atoms with E-state index < -0.39 is 0 Å². The van der Waals surface area contributed by atoms with Crippen LogP contribution < -0.4 is 10.3 Å². The molecule has 10 nitrogen and oxygen atoms in total. The van der Waals surface area contributed by atoms with Gasteiger partial charge in [0.05, 0.1) is 23.7 Å². The fraction of sp³-hybridized carbons (Fsp3) is 0.158. The molecule has 0 bridgehead atoms. The molecular formula is C19H16N8O2. The maximum Gasteiger partial charge on any atom is 0.269 e. The van der Waals surface area contributed by atoms with Crippen molar-refractivity contribution < 1.29 is 4.74 Å². The number of methoxy groups -OCH3 is 1. The van der Waals surface area contributed by atoms with E-state index in [1.165, 1.54) is 10.9 Å². The third-order valence-electron chi connectivity index (χ3n) is 4.70. The molecule has 0 unspecified atom stereocenters. The van der Waals surface area contributed by atoms with Crippen molar-refractivity contribution in [1.82, 2.24) is 39.3 Å². The van der Waals surface area contributed by atoms with Gasteiger partial charge >= 0.3 is 0 Å². The number of benzene rings is 1. The predicted octanol–water partition coefficient (Wildman–Crippen LogP) is 1.78. The van der Waals surface area contributed by atoms with Gasteiger partial charge in [0, 0.05) is 18.2 Å². The Morgan fingerprint density at radius 3 is 2.83 bits per heavy atom.